The fraction of sp³-hybridized carbons (Fsp3) is 0.308. The largest absolute Gasteiger partial charge is 0.366 e. The Balaban J connectivity index is 1.96. The van der Waals surface area contributed by atoms with Crippen molar-refractivity contribution in [2.45, 2.75) is 19.4 Å². The number of nitrogens with zero attached hydrogens (tertiary/aromatic N) is 3. The Morgan fingerprint density at radius 2 is 2.35 bits per heavy atom. The SMILES string of the molecule is NC(=O)c1cccc2c1CCCN2Cc1nnsc1Cl. The van der Waals surface area contributed by atoms with Gasteiger partial charge in [-0.3, -0.25) is 4.79 Å². The first-order valence-electron chi connectivity index (χ1n) is 6.30. The molecular weight excluding hydrogens is 296 g/mol. The van der Waals surface area contributed by atoms with Crippen LogP contribution in [0.25, 0.3) is 0 Å². The molecule has 7 heteroatoms. The topological polar surface area (TPSA) is 72.1 Å². The van der Waals surface area contributed by atoms with Gasteiger partial charge in [0.2, 0.25) is 5.91 Å². The molecule has 2 heterocycles. The predicted octanol–water partition coefficient (Wildman–Crippen LogP) is 2.24. The zero-order valence-electron chi connectivity index (χ0n) is 10.7. The van der Waals surface area contributed by atoms with E-state index in [4.69, 9.17) is 17.3 Å². The summed E-state index contributed by atoms with van der Waals surface area (Å²) in [4.78, 5) is 13.7. The molecule has 1 aliphatic rings. The third-order valence-electron chi connectivity index (χ3n) is 3.46. The van der Waals surface area contributed by atoms with E-state index in [1.807, 2.05) is 12.1 Å². The van der Waals surface area contributed by atoms with Crippen LogP contribution in [0.2, 0.25) is 4.34 Å². The number of benzene rings is 1. The molecule has 0 bridgehead atoms. The number of carbonyl (C=O) groups excluding carboxylic acids is 1. The van der Waals surface area contributed by atoms with Gasteiger partial charge in [-0.05, 0) is 30.5 Å². The molecule has 2 N–H and O–H groups in total. The monoisotopic (exact) mass is 308 g/mol. The zero-order chi connectivity index (χ0) is 14.1. The molecule has 1 amide bonds. The fourth-order valence-electron chi connectivity index (χ4n) is 2.57. The summed E-state index contributed by atoms with van der Waals surface area (Å²) in [6.07, 6.45) is 1.85. The summed E-state index contributed by atoms with van der Waals surface area (Å²) in [5.74, 6) is -0.378. The van der Waals surface area contributed by atoms with Crippen molar-refractivity contribution in [3.05, 3.63) is 39.4 Å². The van der Waals surface area contributed by atoms with Crippen molar-refractivity contribution < 1.29 is 4.79 Å². The van der Waals surface area contributed by atoms with Crippen LogP contribution in [0.4, 0.5) is 5.69 Å². The van der Waals surface area contributed by atoms with E-state index in [2.05, 4.69) is 14.5 Å². The molecule has 0 unspecified atom stereocenters. The number of fused-ring (bicyclic) bond motifs is 1. The first-order valence-corrected chi connectivity index (χ1v) is 7.45. The fourth-order valence-corrected chi connectivity index (χ4v) is 3.18. The van der Waals surface area contributed by atoms with Crippen molar-refractivity contribution in [2.75, 3.05) is 11.4 Å². The Bertz CT molecular complexity index is 658. The van der Waals surface area contributed by atoms with Gasteiger partial charge in [0.15, 0.2) is 0 Å². The molecule has 0 fully saturated rings. The van der Waals surface area contributed by atoms with Crippen LogP contribution < -0.4 is 10.6 Å². The number of aromatic nitrogens is 2. The first-order chi connectivity index (χ1) is 9.66. The van der Waals surface area contributed by atoms with E-state index >= 15 is 0 Å². The summed E-state index contributed by atoms with van der Waals surface area (Å²) in [6, 6.07) is 5.65. The third-order valence-corrected chi connectivity index (χ3v) is 4.45. The molecule has 1 aromatic heterocycles. The van der Waals surface area contributed by atoms with E-state index in [1.165, 1.54) is 11.5 Å². The zero-order valence-corrected chi connectivity index (χ0v) is 12.2. The molecule has 2 aromatic rings. The van der Waals surface area contributed by atoms with Crippen LogP contribution in [0, 0.1) is 0 Å². The first kappa shape index (κ1) is 13.3. The quantitative estimate of drug-likeness (QED) is 0.944. The van der Waals surface area contributed by atoms with Crippen LogP contribution in [0.1, 0.15) is 28.0 Å². The Kier molecular flexibility index (Phi) is 3.58. The summed E-state index contributed by atoms with van der Waals surface area (Å²) in [5, 5.41) is 4.04. The number of nitrogens with two attached hydrogens (primary N) is 1. The molecule has 3 rings (SSSR count). The summed E-state index contributed by atoms with van der Waals surface area (Å²) in [6.45, 7) is 1.51. The summed E-state index contributed by atoms with van der Waals surface area (Å²) >= 11 is 7.25. The van der Waals surface area contributed by atoms with E-state index in [0.717, 1.165) is 36.3 Å². The second-order valence-electron chi connectivity index (χ2n) is 4.69. The van der Waals surface area contributed by atoms with Gasteiger partial charge in [0.1, 0.15) is 10.0 Å². The smallest absolute Gasteiger partial charge is 0.249 e. The van der Waals surface area contributed by atoms with E-state index in [0.29, 0.717) is 16.4 Å². The minimum absolute atomic E-state index is 0.378. The van der Waals surface area contributed by atoms with Crippen LogP contribution in [0.3, 0.4) is 0 Å². The molecule has 0 saturated heterocycles. The standard InChI is InChI=1S/C13H13ClN4OS/c14-12-10(16-17-20-12)7-18-6-2-4-8-9(13(15)19)3-1-5-11(8)18/h1,3,5H,2,4,6-7H2,(H2,15,19). The van der Waals surface area contributed by atoms with Crippen LogP contribution in [-0.2, 0) is 13.0 Å². The van der Waals surface area contributed by atoms with Crippen molar-refractivity contribution >= 4 is 34.7 Å². The number of hydrogen-bond acceptors (Lipinski definition) is 5. The Morgan fingerprint density at radius 3 is 3.05 bits per heavy atom. The Labute approximate surface area is 125 Å². The molecule has 0 radical (unpaired) electrons. The van der Waals surface area contributed by atoms with Gasteiger partial charge < -0.3 is 10.6 Å². The lowest BCUT2D eigenvalue weighted by Crippen LogP contribution is -2.30. The molecule has 0 aliphatic carbocycles. The number of rotatable bonds is 3. The summed E-state index contributed by atoms with van der Waals surface area (Å²) in [7, 11) is 0. The van der Waals surface area contributed by atoms with Crippen LogP contribution in [0.5, 0.6) is 0 Å². The van der Waals surface area contributed by atoms with Crippen molar-refractivity contribution in [1.82, 2.24) is 9.59 Å². The molecule has 1 aromatic carbocycles. The molecule has 0 atom stereocenters. The van der Waals surface area contributed by atoms with E-state index < -0.39 is 0 Å². The number of hydrogen-bond donors (Lipinski definition) is 1. The van der Waals surface area contributed by atoms with E-state index in [1.54, 1.807) is 6.07 Å². The number of amides is 1. The lowest BCUT2D eigenvalue weighted by Gasteiger charge is -2.31. The number of anilines is 1. The minimum atomic E-state index is -0.378. The number of halogens is 1. The molecule has 0 saturated carbocycles. The maximum Gasteiger partial charge on any atom is 0.249 e. The lowest BCUT2D eigenvalue weighted by atomic mass is 9.96. The van der Waals surface area contributed by atoms with Gasteiger partial charge >= 0.3 is 0 Å². The summed E-state index contributed by atoms with van der Waals surface area (Å²) < 4.78 is 4.46. The highest BCUT2D eigenvalue weighted by Crippen LogP contribution is 2.31. The highest BCUT2D eigenvalue weighted by Gasteiger charge is 2.22. The number of carbonyl (C=O) groups is 1. The van der Waals surface area contributed by atoms with E-state index in [-0.39, 0.29) is 5.91 Å². The number of primary amides is 1. The van der Waals surface area contributed by atoms with Gasteiger partial charge in [0, 0.05) is 29.3 Å². The average Bonchev–Trinajstić information content (AvgIpc) is 2.84. The van der Waals surface area contributed by atoms with Crippen molar-refractivity contribution in [3.63, 3.8) is 0 Å². The molecule has 1 aliphatic heterocycles. The average molecular weight is 309 g/mol. The van der Waals surface area contributed by atoms with Crippen LogP contribution in [-0.4, -0.2) is 22.0 Å². The van der Waals surface area contributed by atoms with E-state index in [9.17, 15) is 4.79 Å². The van der Waals surface area contributed by atoms with Crippen LogP contribution in [0.15, 0.2) is 18.2 Å². The third kappa shape index (κ3) is 2.36. The molecular formula is C13H13ClN4OS. The normalized spacial score (nSPS) is 14.2. The Hall–Kier alpha value is -1.66. The van der Waals surface area contributed by atoms with Gasteiger partial charge in [0.05, 0.1) is 6.54 Å². The highest BCUT2D eigenvalue weighted by molar-refractivity contribution is 7.10. The minimum Gasteiger partial charge on any atom is -0.366 e. The molecule has 5 nitrogen and oxygen atoms in total. The van der Waals surface area contributed by atoms with Crippen molar-refractivity contribution in [3.8, 4) is 0 Å². The maximum absolute atomic E-state index is 11.5. The second-order valence-corrected chi connectivity index (χ2v) is 6.04. The van der Waals surface area contributed by atoms with Gasteiger partial charge in [-0.25, -0.2) is 0 Å². The molecule has 104 valence electrons. The summed E-state index contributed by atoms with van der Waals surface area (Å²) in [5.41, 5.74) is 8.88. The van der Waals surface area contributed by atoms with Crippen molar-refractivity contribution in [1.29, 1.82) is 0 Å². The van der Waals surface area contributed by atoms with Gasteiger partial charge in [-0.2, -0.15) is 0 Å². The highest BCUT2D eigenvalue weighted by atomic mass is 35.5. The van der Waals surface area contributed by atoms with Gasteiger partial charge in [-0.15, -0.1) is 5.10 Å². The van der Waals surface area contributed by atoms with Gasteiger partial charge in [0.25, 0.3) is 0 Å². The molecule has 0 spiro atoms. The van der Waals surface area contributed by atoms with Gasteiger partial charge in [-0.1, -0.05) is 22.2 Å². The lowest BCUT2D eigenvalue weighted by molar-refractivity contribution is 0.0999. The maximum atomic E-state index is 11.5. The molecule has 20 heavy (non-hydrogen) atoms. The Morgan fingerprint density at radius 1 is 1.50 bits per heavy atom. The van der Waals surface area contributed by atoms with Crippen molar-refractivity contribution in [2.24, 2.45) is 5.73 Å². The van der Waals surface area contributed by atoms with Crippen LogP contribution >= 0.6 is 23.1 Å². The predicted molar refractivity (Wildman–Crippen MR) is 79.2 cm³/mol. The second kappa shape index (κ2) is 5.38.